The molecule has 0 radical (unpaired) electrons. The number of nitro benzene ring substituents is 1. The van der Waals surface area contributed by atoms with Crippen LogP contribution in [-0.2, 0) is 4.74 Å². The lowest BCUT2D eigenvalue weighted by molar-refractivity contribution is -0.384. The number of carbonyl (C=O) groups excluding carboxylic acids is 2. The summed E-state index contributed by atoms with van der Waals surface area (Å²) in [4.78, 5) is 34.0. The zero-order valence-corrected chi connectivity index (χ0v) is 15.2. The molecule has 25 heavy (non-hydrogen) atoms. The van der Waals surface area contributed by atoms with Crippen LogP contribution in [0.15, 0.2) is 46.9 Å². The smallest absolute Gasteiger partial charge is 0.339 e. The average Bonchev–Trinajstić information content (AvgIpc) is 2.58. The van der Waals surface area contributed by atoms with Crippen molar-refractivity contribution in [2.24, 2.45) is 0 Å². The molecule has 0 saturated heterocycles. The van der Waals surface area contributed by atoms with E-state index in [-0.39, 0.29) is 35.1 Å². The predicted octanol–water partition coefficient (Wildman–Crippen LogP) is 4.83. The lowest BCUT2D eigenvalue weighted by atomic mass is 10.1. The summed E-state index contributed by atoms with van der Waals surface area (Å²) in [5.41, 5.74) is 0.432. The molecule has 130 valence electrons. The van der Waals surface area contributed by atoms with E-state index in [1.165, 1.54) is 12.1 Å². The van der Waals surface area contributed by atoms with Crippen molar-refractivity contribution in [1.29, 1.82) is 0 Å². The van der Waals surface area contributed by atoms with Gasteiger partial charge in [0.05, 0.1) is 22.1 Å². The number of rotatable bonds is 7. The van der Waals surface area contributed by atoms with Gasteiger partial charge in [-0.15, -0.1) is 0 Å². The minimum atomic E-state index is -0.684. The molecular weight excluding hydrogens is 414 g/mol. The number of Topliss-reactive ketones (excluding diaryl/α,β-unsaturated/α-hetero) is 1. The molecule has 0 atom stereocenters. The Morgan fingerprint density at radius 3 is 2.44 bits per heavy atom. The van der Waals surface area contributed by atoms with Crippen molar-refractivity contribution in [3.05, 3.63) is 73.2 Å². The molecule has 0 spiro atoms. The number of non-ortho nitro benzene ring substituents is 1. The van der Waals surface area contributed by atoms with Crippen molar-refractivity contribution in [3.63, 3.8) is 0 Å². The van der Waals surface area contributed by atoms with Crippen LogP contribution in [0.5, 0.6) is 0 Å². The minimum Gasteiger partial charge on any atom is -0.462 e. The van der Waals surface area contributed by atoms with Crippen molar-refractivity contribution >= 4 is 45.0 Å². The topological polar surface area (TPSA) is 86.5 Å². The minimum absolute atomic E-state index is 0.0445. The Bertz CT molecular complexity index is 807. The maximum Gasteiger partial charge on any atom is 0.339 e. The summed E-state index contributed by atoms with van der Waals surface area (Å²) in [7, 11) is 0. The summed E-state index contributed by atoms with van der Waals surface area (Å²) in [5.74, 6) is -0.729. The second-order valence-electron chi connectivity index (χ2n) is 5.09. The zero-order chi connectivity index (χ0) is 18.4. The number of esters is 1. The standard InChI is InChI=1S/C17H13BrClNO5/c18-12-5-3-11(4-6-12)16(21)2-1-9-25-17(22)14-8-7-13(20(23)24)10-15(14)19/h3-8,10H,1-2,9H2. The van der Waals surface area contributed by atoms with Crippen LogP contribution in [0.1, 0.15) is 33.6 Å². The van der Waals surface area contributed by atoms with Gasteiger partial charge in [0.1, 0.15) is 0 Å². The Balaban J connectivity index is 1.83. The van der Waals surface area contributed by atoms with E-state index in [4.69, 9.17) is 16.3 Å². The number of ether oxygens (including phenoxy) is 1. The number of nitrogens with zero attached hydrogens (tertiary/aromatic N) is 1. The van der Waals surface area contributed by atoms with E-state index in [1.54, 1.807) is 24.3 Å². The maximum absolute atomic E-state index is 12.0. The average molecular weight is 427 g/mol. The molecule has 0 heterocycles. The van der Waals surface area contributed by atoms with Crippen LogP contribution in [0, 0.1) is 10.1 Å². The van der Waals surface area contributed by atoms with Gasteiger partial charge in [0.25, 0.3) is 5.69 Å². The van der Waals surface area contributed by atoms with Gasteiger partial charge < -0.3 is 4.74 Å². The van der Waals surface area contributed by atoms with Gasteiger partial charge >= 0.3 is 5.97 Å². The van der Waals surface area contributed by atoms with E-state index >= 15 is 0 Å². The first-order chi connectivity index (χ1) is 11.9. The number of hydrogen-bond donors (Lipinski definition) is 0. The van der Waals surface area contributed by atoms with Gasteiger partial charge in [-0.25, -0.2) is 4.79 Å². The highest BCUT2D eigenvalue weighted by Crippen LogP contribution is 2.23. The van der Waals surface area contributed by atoms with Crippen molar-refractivity contribution < 1.29 is 19.2 Å². The Labute approximate surface area is 157 Å². The third kappa shape index (κ3) is 5.37. The van der Waals surface area contributed by atoms with Gasteiger partial charge in [-0.3, -0.25) is 14.9 Å². The van der Waals surface area contributed by atoms with Crippen molar-refractivity contribution in [1.82, 2.24) is 0 Å². The van der Waals surface area contributed by atoms with E-state index in [9.17, 15) is 19.7 Å². The predicted molar refractivity (Wildman–Crippen MR) is 96.1 cm³/mol. The lowest BCUT2D eigenvalue weighted by Crippen LogP contribution is -2.09. The van der Waals surface area contributed by atoms with E-state index < -0.39 is 10.9 Å². The molecule has 6 nitrogen and oxygen atoms in total. The van der Waals surface area contributed by atoms with Gasteiger partial charge in [0, 0.05) is 28.6 Å². The third-order valence-corrected chi connectivity index (χ3v) is 4.17. The first kappa shape index (κ1) is 19.1. The molecule has 0 aliphatic rings. The van der Waals surface area contributed by atoms with Crippen molar-refractivity contribution in [2.45, 2.75) is 12.8 Å². The second-order valence-corrected chi connectivity index (χ2v) is 6.41. The molecule has 2 aromatic rings. The molecule has 0 saturated carbocycles. The number of ketones is 1. The fraction of sp³-hybridized carbons (Fsp3) is 0.176. The summed E-state index contributed by atoms with van der Waals surface area (Å²) >= 11 is 9.16. The Morgan fingerprint density at radius 2 is 1.84 bits per heavy atom. The molecule has 2 aromatic carbocycles. The van der Waals surface area contributed by atoms with Gasteiger partial charge in [0.15, 0.2) is 5.78 Å². The number of carbonyl (C=O) groups is 2. The maximum atomic E-state index is 12.0. The normalized spacial score (nSPS) is 10.3. The van der Waals surface area contributed by atoms with Crippen LogP contribution in [-0.4, -0.2) is 23.3 Å². The molecular formula is C17H13BrClNO5. The number of halogens is 2. The van der Waals surface area contributed by atoms with Gasteiger partial charge in [-0.1, -0.05) is 39.7 Å². The fourth-order valence-electron chi connectivity index (χ4n) is 2.04. The highest BCUT2D eigenvalue weighted by atomic mass is 79.9. The molecule has 0 aromatic heterocycles. The van der Waals surface area contributed by atoms with Crippen LogP contribution in [0.2, 0.25) is 5.02 Å². The SMILES string of the molecule is O=C(CCCOC(=O)c1ccc([N+](=O)[O-])cc1Cl)c1ccc(Br)cc1. The number of benzene rings is 2. The summed E-state index contributed by atoms with van der Waals surface area (Å²) in [6.07, 6.45) is 0.605. The Hall–Kier alpha value is -2.25. The Kier molecular flexibility index (Phi) is 6.66. The molecule has 8 heteroatoms. The second kappa shape index (κ2) is 8.73. The van der Waals surface area contributed by atoms with E-state index in [0.717, 1.165) is 10.5 Å². The highest BCUT2D eigenvalue weighted by molar-refractivity contribution is 9.10. The van der Waals surface area contributed by atoms with E-state index in [0.29, 0.717) is 12.0 Å². The van der Waals surface area contributed by atoms with Crippen LogP contribution in [0.4, 0.5) is 5.69 Å². The van der Waals surface area contributed by atoms with Crippen molar-refractivity contribution in [2.75, 3.05) is 6.61 Å². The summed E-state index contributed by atoms with van der Waals surface area (Å²) in [6.45, 7) is 0.0500. The van der Waals surface area contributed by atoms with Gasteiger partial charge in [-0.05, 0) is 24.6 Å². The number of hydrogen-bond acceptors (Lipinski definition) is 5. The van der Waals surface area contributed by atoms with Crippen LogP contribution in [0.3, 0.4) is 0 Å². The van der Waals surface area contributed by atoms with Gasteiger partial charge in [0.2, 0.25) is 0 Å². The van der Waals surface area contributed by atoms with E-state index in [1.807, 2.05) is 0 Å². The quantitative estimate of drug-likeness (QED) is 0.208. The summed E-state index contributed by atoms with van der Waals surface area (Å²) < 4.78 is 5.95. The molecule has 0 unspecified atom stereocenters. The first-order valence-corrected chi connectivity index (χ1v) is 8.45. The molecule has 0 aliphatic carbocycles. The van der Waals surface area contributed by atoms with Crippen LogP contribution < -0.4 is 0 Å². The highest BCUT2D eigenvalue weighted by Gasteiger charge is 2.16. The largest absolute Gasteiger partial charge is 0.462 e. The molecule has 2 rings (SSSR count). The molecule has 0 amide bonds. The Morgan fingerprint density at radius 1 is 1.16 bits per heavy atom. The zero-order valence-electron chi connectivity index (χ0n) is 12.9. The summed E-state index contributed by atoms with van der Waals surface area (Å²) in [5, 5.41) is 10.6. The van der Waals surface area contributed by atoms with Crippen LogP contribution in [0.25, 0.3) is 0 Å². The molecule has 0 bridgehead atoms. The fourth-order valence-corrected chi connectivity index (χ4v) is 2.55. The van der Waals surface area contributed by atoms with E-state index in [2.05, 4.69) is 15.9 Å². The summed E-state index contributed by atoms with van der Waals surface area (Å²) in [6, 6.07) is 10.5. The van der Waals surface area contributed by atoms with Crippen molar-refractivity contribution in [3.8, 4) is 0 Å². The molecule has 0 fully saturated rings. The van der Waals surface area contributed by atoms with Crippen LogP contribution >= 0.6 is 27.5 Å². The lowest BCUT2D eigenvalue weighted by Gasteiger charge is -2.06. The molecule has 0 aliphatic heterocycles. The third-order valence-electron chi connectivity index (χ3n) is 3.33. The van der Waals surface area contributed by atoms with Gasteiger partial charge in [-0.2, -0.15) is 0 Å². The number of nitro groups is 1. The molecule has 0 N–H and O–H groups in total. The monoisotopic (exact) mass is 425 g/mol. The first-order valence-electron chi connectivity index (χ1n) is 7.28.